The highest BCUT2D eigenvalue weighted by Crippen LogP contribution is 2.18. The molecule has 0 bridgehead atoms. The van der Waals surface area contributed by atoms with Gasteiger partial charge in [0.15, 0.2) is 5.22 Å². The van der Waals surface area contributed by atoms with Gasteiger partial charge in [0.2, 0.25) is 0 Å². The summed E-state index contributed by atoms with van der Waals surface area (Å²) in [5.41, 5.74) is 5.28. The Labute approximate surface area is 92.9 Å². The molecule has 0 amide bonds. The Morgan fingerprint density at radius 3 is 2.93 bits per heavy atom. The van der Waals surface area contributed by atoms with Crippen molar-refractivity contribution in [2.24, 2.45) is 5.73 Å². The lowest BCUT2D eigenvalue weighted by atomic mass is 10.5. The van der Waals surface area contributed by atoms with Crippen LogP contribution in [-0.4, -0.2) is 25.5 Å². The van der Waals surface area contributed by atoms with Gasteiger partial charge in [0, 0.05) is 12.3 Å². The molecule has 1 aromatic rings. The van der Waals surface area contributed by atoms with Crippen LogP contribution in [0.5, 0.6) is 0 Å². The summed E-state index contributed by atoms with van der Waals surface area (Å²) in [5.74, 6) is 2.68. The van der Waals surface area contributed by atoms with Gasteiger partial charge in [0.05, 0.1) is 19.0 Å². The summed E-state index contributed by atoms with van der Waals surface area (Å²) < 4.78 is 10.4. The Bertz CT molecular complexity index is 255. The first-order valence-electron chi connectivity index (χ1n) is 4.42. The highest BCUT2D eigenvalue weighted by Gasteiger charge is 1.99. The van der Waals surface area contributed by atoms with E-state index in [9.17, 15) is 0 Å². The summed E-state index contributed by atoms with van der Waals surface area (Å²) in [6.07, 6.45) is 0. The molecule has 1 aromatic heterocycles. The topological polar surface area (TPSA) is 48.4 Å². The van der Waals surface area contributed by atoms with E-state index in [4.69, 9.17) is 26.5 Å². The molecule has 0 spiro atoms. The molecule has 1 rings (SSSR count). The molecule has 0 aliphatic heterocycles. The molecule has 3 nitrogen and oxygen atoms in total. The molecule has 1 heterocycles. The third-order valence-corrected chi connectivity index (χ3v) is 2.65. The van der Waals surface area contributed by atoms with Gasteiger partial charge in [-0.25, -0.2) is 0 Å². The molecule has 0 fully saturated rings. The maximum Gasteiger partial charge on any atom is 0.193 e. The van der Waals surface area contributed by atoms with Crippen molar-refractivity contribution in [1.82, 2.24) is 0 Å². The van der Waals surface area contributed by atoms with Crippen LogP contribution in [0.3, 0.4) is 0 Å². The molecule has 5 heteroatoms. The van der Waals surface area contributed by atoms with Crippen molar-refractivity contribution in [3.05, 3.63) is 23.1 Å². The summed E-state index contributed by atoms with van der Waals surface area (Å²) in [4.78, 5) is 0. The molecule has 0 aliphatic carbocycles. The van der Waals surface area contributed by atoms with Crippen LogP contribution >= 0.6 is 23.4 Å². The van der Waals surface area contributed by atoms with Crippen LogP contribution in [0.4, 0.5) is 0 Å². The van der Waals surface area contributed by atoms with Crippen LogP contribution in [-0.2, 0) is 10.5 Å². The third-order valence-electron chi connectivity index (χ3n) is 1.51. The van der Waals surface area contributed by atoms with Gasteiger partial charge in [-0.05, 0) is 23.7 Å². The van der Waals surface area contributed by atoms with Crippen LogP contribution in [0.15, 0.2) is 16.5 Å². The van der Waals surface area contributed by atoms with Crippen LogP contribution in [0.2, 0.25) is 5.22 Å². The fourth-order valence-electron chi connectivity index (χ4n) is 0.905. The van der Waals surface area contributed by atoms with E-state index in [1.807, 2.05) is 6.07 Å². The van der Waals surface area contributed by atoms with Gasteiger partial charge in [-0.2, -0.15) is 11.8 Å². The zero-order chi connectivity index (χ0) is 10.2. The number of nitrogens with two attached hydrogens (primary N) is 1. The Balaban J connectivity index is 1.99. The molecule has 14 heavy (non-hydrogen) atoms. The highest BCUT2D eigenvalue weighted by molar-refractivity contribution is 7.98. The third kappa shape index (κ3) is 4.91. The normalized spacial score (nSPS) is 10.7. The number of ether oxygens (including phenoxy) is 1. The molecule has 80 valence electrons. The van der Waals surface area contributed by atoms with E-state index in [2.05, 4.69) is 0 Å². The number of hydrogen-bond acceptors (Lipinski definition) is 4. The Morgan fingerprint density at radius 2 is 2.29 bits per heavy atom. The van der Waals surface area contributed by atoms with Gasteiger partial charge < -0.3 is 14.9 Å². The number of halogens is 1. The first-order valence-corrected chi connectivity index (χ1v) is 5.96. The smallest absolute Gasteiger partial charge is 0.193 e. The summed E-state index contributed by atoms with van der Waals surface area (Å²) in [6.45, 7) is 1.95. The van der Waals surface area contributed by atoms with Crippen molar-refractivity contribution in [2.75, 3.05) is 25.5 Å². The molecule has 0 aliphatic rings. The zero-order valence-electron chi connectivity index (χ0n) is 7.87. The largest absolute Gasteiger partial charge is 0.449 e. The summed E-state index contributed by atoms with van der Waals surface area (Å²) >= 11 is 7.38. The zero-order valence-corrected chi connectivity index (χ0v) is 9.44. The maximum absolute atomic E-state index is 5.63. The van der Waals surface area contributed by atoms with E-state index in [0.717, 1.165) is 23.9 Å². The second-order valence-electron chi connectivity index (χ2n) is 2.66. The SMILES string of the molecule is NCCOCCSCc1ccc(Cl)o1. The van der Waals surface area contributed by atoms with Crippen LogP contribution in [0.1, 0.15) is 5.76 Å². The second kappa shape index (κ2) is 7.17. The Kier molecular flexibility index (Phi) is 6.10. The second-order valence-corrected chi connectivity index (χ2v) is 4.14. The van der Waals surface area contributed by atoms with Crippen molar-refractivity contribution in [3.63, 3.8) is 0 Å². The molecule has 0 aromatic carbocycles. The van der Waals surface area contributed by atoms with Crippen molar-refractivity contribution in [2.45, 2.75) is 5.75 Å². The van der Waals surface area contributed by atoms with E-state index in [0.29, 0.717) is 18.4 Å². The first-order chi connectivity index (χ1) is 6.83. The molecule has 0 unspecified atom stereocenters. The lowest BCUT2D eigenvalue weighted by molar-refractivity contribution is 0.158. The number of thioether (sulfide) groups is 1. The predicted molar refractivity (Wildman–Crippen MR) is 59.8 cm³/mol. The van der Waals surface area contributed by atoms with Crippen LogP contribution < -0.4 is 5.73 Å². The van der Waals surface area contributed by atoms with Crippen LogP contribution in [0.25, 0.3) is 0 Å². The van der Waals surface area contributed by atoms with Crippen molar-refractivity contribution < 1.29 is 9.15 Å². The van der Waals surface area contributed by atoms with Gasteiger partial charge in [-0.3, -0.25) is 0 Å². The summed E-state index contributed by atoms with van der Waals surface area (Å²) in [6, 6.07) is 3.64. The minimum Gasteiger partial charge on any atom is -0.449 e. The van der Waals surface area contributed by atoms with Gasteiger partial charge in [-0.1, -0.05) is 0 Å². The molecule has 2 N–H and O–H groups in total. The molecule has 0 atom stereocenters. The first kappa shape index (κ1) is 11.9. The Hall–Kier alpha value is -0.160. The quantitative estimate of drug-likeness (QED) is 0.736. The molecule has 0 saturated heterocycles. The number of hydrogen-bond donors (Lipinski definition) is 1. The van der Waals surface area contributed by atoms with E-state index < -0.39 is 0 Å². The standard InChI is InChI=1S/C9H14ClNO2S/c10-9-2-1-8(13-9)7-14-6-5-12-4-3-11/h1-2H,3-7,11H2. The van der Waals surface area contributed by atoms with E-state index in [1.165, 1.54) is 0 Å². The van der Waals surface area contributed by atoms with Crippen molar-refractivity contribution in [3.8, 4) is 0 Å². The lowest BCUT2D eigenvalue weighted by Gasteiger charge is -2.00. The minimum atomic E-state index is 0.444. The Morgan fingerprint density at radius 1 is 1.43 bits per heavy atom. The molecule has 0 radical (unpaired) electrons. The van der Waals surface area contributed by atoms with E-state index >= 15 is 0 Å². The number of furan rings is 1. The van der Waals surface area contributed by atoms with Crippen LogP contribution in [0, 0.1) is 0 Å². The van der Waals surface area contributed by atoms with Crippen molar-refractivity contribution >= 4 is 23.4 Å². The monoisotopic (exact) mass is 235 g/mol. The fraction of sp³-hybridized carbons (Fsp3) is 0.556. The van der Waals surface area contributed by atoms with Gasteiger partial charge in [-0.15, -0.1) is 0 Å². The highest BCUT2D eigenvalue weighted by atomic mass is 35.5. The summed E-state index contributed by atoms with van der Waals surface area (Å²) in [7, 11) is 0. The van der Waals surface area contributed by atoms with E-state index in [1.54, 1.807) is 17.8 Å². The van der Waals surface area contributed by atoms with E-state index in [-0.39, 0.29) is 0 Å². The average molecular weight is 236 g/mol. The van der Waals surface area contributed by atoms with Crippen molar-refractivity contribution in [1.29, 1.82) is 0 Å². The van der Waals surface area contributed by atoms with Gasteiger partial charge in [0.1, 0.15) is 5.76 Å². The molecular weight excluding hydrogens is 222 g/mol. The molecule has 0 saturated carbocycles. The maximum atomic E-state index is 5.63. The van der Waals surface area contributed by atoms with Gasteiger partial charge in [0.25, 0.3) is 0 Å². The predicted octanol–water partition coefficient (Wildman–Crippen LogP) is 2.14. The minimum absolute atomic E-state index is 0.444. The lowest BCUT2D eigenvalue weighted by Crippen LogP contribution is -2.09. The van der Waals surface area contributed by atoms with Gasteiger partial charge >= 0.3 is 0 Å². The fourth-order valence-corrected chi connectivity index (χ4v) is 1.80. The molecular formula is C9H14ClNO2S. The summed E-state index contributed by atoms with van der Waals surface area (Å²) in [5, 5.41) is 0.444. The number of rotatable bonds is 7. The average Bonchev–Trinajstić information content (AvgIpc) is 2.58.